The van der Waals surface area contributed by atoms with Crippen molar-refractivity contribution in [2.24, 2.45) is 0 Å². The average molecular weight is 761 g/mol. The zero-order valence-corrected chi connectivity index (χ0v) is 37.8. The van der Waals surface area contributed by atoms with E-state index in [1.54, 1.807) is 0 Å². The van der Waals surface area contributed by atoms with Gasteiger partial charge in [-0.3, -0.25) is 9.59 Å². The summed E-state index contributed by atoms with van der Waals surface area (Å²) in [5, 5.41) is 0. The number of rotatable bonds is 46. The van der Waals surface area contributed by atoms with E-state index in [0.29, 0.717) is 6.42 Å². The van der Waals surface area contributed by atoms with Crippen molar-refractivity contribution in [3.8, 4) is 0 Å². The van der Waals surface area contributed by atoms with E-state index < -0.39 is 5.60 Å². The van der Waals surface area contributed by atoms with Crippen LogP contribution in [0, 0.1) is 0 Å². The zero-order chi connectivity index (χ0) is 39.5. The van der Waals surface area contributed by atoms with Crippen LogP contribution in [-0.4, -0.2) is 17.4 Å². The van der Waals surface area contributed by atoms with Crippen molar-refractivity contribution in [3.63, 3.8) is 0 Å². The molecule has 1 unspecified atom stereocenters. The molecule has 0 aromatic heterocycles. The molecule has 0 aromatic rings. The van der Waals surface area contributed by atoms with Gasteiger partial charge in [-0.15, -0.1) is 0 Å². The van der Waals surface area contributed by atoms with Crippen molar-refractivity contribution < 1.29 is 14.3 Å². The van der Waals surface area contributed by atoms with Gasteiger partial charge in [0.15, 0.2) is 11.4 Å². The monoisotopic (exact) mass is 761 g/mol. The van der Waals surface area contributed by atoms with Crippen LogP contribution >= 0.6 is 0 Å². The molecule has 0 aliphatic carbocycles. The maximum Gasteiger partial charge on any atom is 0.303 e. The van der Waals surface area contributed by atoms with Crippen LogP contribution in [0.15, 0.2) is 0 Å². The van der Waals surface area contributed by atoms with Crippen LogP contribution in [0.2, 0.25) is 0 Å². The number of Topliss-reactive ketones (excluding diaryl/α,β-unsaturated/α-hetero) is 1. The highest BCUT2D eigenvalue weighted by Gasteiger charge is 2.39. The third-order valence-electron chi connectivity index (χ3n) is 12.2. The third-order valence-corrected chi connectivity index (χ3v) is 12.2. The number of esters is 1. The Kier molecular flexibility index (Phi) is 42.6. The summed E-state index contributed by atoms with van der Waals surface area (Å²) in [7, 11) is 0. The molecule has 0 bridgehead atoms. The Bertz CT molecular complexity index is 762. The largest absolute Gasteiger partial charge is 0.451 e. The fraction of sp³-hybridized carbons (Fsp3) is 0.961. The molecule has 0 radical (unpaired) electrons. The molecule has 0 aliphatic heterocycles. The van der Waals surface area contributed by atoms with Gasteiger partial charge in [0.2, 0.25) is 0 Å². The Hall–Kier alpha value is -0.860. The summed E-state index contributed by atoms with van der Waals surface area (Å²) in [5.41, 5.74) is -0.892. The number of carbonyl (C=O) groups is 2. The smallest absolute Gasteiger partial charge is 0.303 e. The first-order chi connectivity index (χ1) is 26.5. The molecule has 322 valence electrons. The quantitative estimate of drug-likeness (QED) is 0.0458. The fourth-order valence-corrected chi connectivity index (χ4v) is 8.58. The van der Waals surface area contributed by atoms with Crippen molar-refractivity contribution >= 4 is 11.8 Å². The predicted molar refractivity (Wildman–Crippen MR) is 240 cm³/mol. The van der Waals surface area contributed by atoms with E-state index in [4.69, 9.17) is 4.74 Å². The Morgan fingerprint density at radius 3 is 0.741 bits per heavy atom. The van der Waals surface area contributed by atoms with E-state index in [1.807, 2.05) is 0 Å². The van der Waals surface area contributed by atoms with Crippen LogP contribution in [0.4, 0.5) is 0 Å². The van der Waals surface area contributed by atoms with E-state index in [2.05, 4.69) is 20.8 Å². The summed E-state index contributed by atoms with van der Waals surface area (Å²) in [6.07, 6.45) is 56.1. The molecule has 0 aromatic carbocycles. The van der Waals surface area contributed by atoms with Gasteiger partial charge in [0.05, 0.1) is 0 Å². The van der Waals surface area contributed by atoms with Gasteiger partial charge in [-0.25, -0.2) is 0 Å². The van der Waals surface area contributed by atoms with Gasteiger partial charge in [0.1, 0.15) is 0 Å². The second-order valence-corrected chi connectivity index (χ2v) is 17.7. The minimum atomic E-state index is -0.892. The molecule has 0 rings (SSSR count). The van der Waals surface area contributed by atoms with Crippen LogP contribution in [-0.2, 0) is 14.3 Å². The van der Waals surface area contributed by atoms with E-state index in [-0.39, 0.29) is 11.8 Å². The minimum Gasteiger partial charge on any atom is -0.451 e. The molecule has 3 heteroatoms. The summed E-state index contributed by atoms with van der Waals surface area (Å²) in [6.45, 7) is 8.39. The predicted octanol–water partition coefficient (Wildman–Crippen LogP) is 18.1. The molecule has 0 spiro atoms. The lowest BCUT2D eigenvalue weighted by Gasteiger charge is -2.32. The molecule has 3 nitrogen and oxygen atoms in total. The number of ether oxygens (including phenoxy) is 1. The van der Waals surface area contributed by atoms with Gasteiger partial charge in [0, 0.05) is 13.3 Å². The van der Waals surface area contributed by atoms with Crippen LogP contribution in [0.25, 0.3) is 0 Å². The summed E-state index contributed by atoms with van der Waals surface area (Å²) in [5.74, 6) is -0.0605. The van der Waals surface area contributed by atoms with Gasteiger partial charge in [-0.1, -0.05) is 265 Å². The number of unbranched alkanes of at least 4 members (excludes halogenated alkanes) is 38. The van der Waals surface area contributed by atoms with Gasteiger partial charge in [0.25, 0.3) is 0 Å². The van der Waals surface area contributed by atoms with Crippen LogP contribution in [0.5, 0.6) is 0 Å². The summed E-state index contributed by atoms with van der Waals surface area (Å²) in [6, 6.07) is 0. The summed E-state index contributed by atoms with van der Waals surface area (Å²) in [4.78, 5) is 26.4. The highest BCUT2D eigenvalue weighted by atomic mass is 16.6. The van der Waals surface area contributed by atoms with Gasteiger partial charge in [-0.2, -0.15) is 0 Å². The zero-order valence-electron chi connectivity index (χ0n) is 37.8. The molecular formula is C51H100O3. The summed E-state index contributed by atoms with van der Waals surface area (Å²) < 4.78 is 6.10. The van der Waals surface area contributed by atoms with Gasteiger partial charge in [-0.05, 0) is 32.1 Å². The molecule has 54 heavy (non-hydrogen) atoms. The maximum atomic E-state index is 14.0. The SMILES string of the molecule is CCCCCCCCCCCCCCCCC(=O)C(CCCCCCCCCCCCCCC)(CCCCCCCCCCCCCCCC)OC(C)=O. The highest BCUT2D eigenvalue weighted by molar-refractivity contribution is 5.89. The second-order valence-electron chi connectivity index (χ2n) is 17.7. The Morgan fingerprint density at radius 2 is 0.519 bits per heavy atom. The lowest BCUT2D eigenvalue weighted by atomic mass is 9.83. The minimum absolute atomic E-state index is 0.213. The number of carbonyl (C=O) groups excluding carboxylic acids is 2. The van der Waals surface area contributed by atoms with Crippen molar-refractivity contribution in [1.82, 2.24) is 0 Å². The topological polar surface area (TPSA) is 43.4 Å². The highest BCUT2D eigenvalue weighted by Crippen LogP contribution is 2.31. The first-order valence-electron chi connectivity index (χ1n) is 25.2. The van der Waals surface area contributed by atoms with Crippen LogP contribution in [0.3, 0.4) is 0 Å². The summed E-state index contributed by atoms with van der Waals surface area (Å²) >= 11 is 0. The fourth-order valence-electron chi connectivity index (χ4n) is 8.58. The third kappa shape index (κ3) is 36.8. The molecule has 0 aliphatic rings. The van der Waals surface area contributed by atoms with E-state index in [1.165, 1.54) is 232 Å². The lowest BCUT2D eigenvalue weighted by Crippen LogP contribution is -2.43. The molecular weight excluding hydrogens is 661 g/mol. The first kappa shape index (κ1) is 53.1. The lowest BCUT2D eigenvalue weighted by molar-refractivity contribution is -0.168. The molecule has 0 heterocycles. The number of hydrogen-bond donors (Lipinski definition) is 0. The second kappa shape index (κ2) is 43.3. The van der Waals surface area contributed by atoms with E-state index in [0.717, 1.165) is 51.4 Å². The van der Waals surface area contributed by atoms with E-state index >= 15 is 0 Å². The van der Waals surface area contributed by atoms with Crippen LogP contribution < -0.4 is 0 Å². The van der Waals surface area contributed by atoms with Crippen molar-refractivity contribution in [1.29, 1.82) is 0 Å². The molecule has 0 N–H and O–H groups in total. The average Bonchev–Trinajstić information content (AvgIpc) is 3.16. The normalized spacial score (nSPS) is 12.7. The van der Waals surface area contributed by atoms with Crippen molar-refractivity contribution in [3.05, 3.63) is 0 Å². The Morgan fingerprint density at radius 1 is 0.315 bits per heavy atom. The van der Waals surface area contributed by atoms with Gasteiger partial charge >= 0.3 is 5.97 Å². The van der Waals surface area contributed by atoms with Gasteiger partial charge < -0.3 is 4.74 Å². The standard InChI is InChI=1S/C51H100O3/c1-5-8-11-14-17-20-23-26-28-31-34-37-40-43-46-50(53)51(54-49(4)52,47-44-41-38-35-32-29-25-22-19-16-13-10-7-3)48-45-42-39-36-33-30-27-24-21-18-15-12-9-6-2/h5-48H2,1-4H3. The Balaban J connectivity index is 4.59. The molecule has 0 amide bonds. The van der Waals surface area contributed by atoms with E-state index in [9.17, 15) is 9.59 Å². The number of ketones is 1. The van der Waals surface area contributed by atoms with Crippen molar-refractivity contribution in [2.45, 2.75) is 316 Å². The molecule has 0 saturated heterocycles. The number of hydrogen-bond acceptors (Lipinski definition) is 3. The van der Waals surface area contributed by atoms with Crippen LogP contribution in [0.1, 0.15) is 310 Å². The molecule has 0 saturated carbocycles. The Labute approximate surface area is 340 Å². The molecule has 1 atom stereocenters. The van der Waals surface area contributed by atoms with Crippen molar-refractivity contribution in [2.75, 3.05) is 0 Å². The molecule has 0 fully saturated rings. The first-order valence-corrected chi connectivity index (χ1v) is 25.2. The maximum absolute atomic E-state index is 14.0.